The molecule has 0 saturated carbocycles. The van der Waals surface area contributed by atoms with Crippen LogP contribution in [0.5, 0.6) is 0 Å². The van der Waals surface area contributed by atoms with E-state index >= 15 is 0 Å². The van der Waals surface area contributed by atoms with E-state index in [4.69, 9.17) is 4.52 Å². The van der Waals surface area contributed by atoms with Crippen molar-refractivity contribution >= 4 is 13.7 Å². The molecule has 0 aliphatic rings. The van der Waals surface area contributed by atoms with E-state index in [0.29, 0.717) is 11.3 Å². The maximum atomic E-state index is 12.9. The summed E-state index contributed by atoms with van der Waals surface area (Å²) in [4.78, 5) is 38.2. The summed E-state index contributed by atoms with van der Waals surface area (Å²) in [5, 5.41) is 8.01. The number of phosphoric acid groups is 1. The van der Waals surface area contributed by atoms with E-state index in [0.717, 1.165) is 5.56 Å². The number of hydrogen-bond donors (Lipinski definition) is 2. The molecule has 0 fully saturated rings. The van der Waals surface area contributed by atoms with Crippen molar-refractivity contribution in [2.45, 2.75) is 12.5 Å². The number of aromatic nitrogens is 4. The van der Waals surface area contributed by atoms with E-state index in [2.05, 4.69) is 27.0 Å². The van der Waals surface area contributed by atoms with Gasteiger partial charge in [0.2, 0.25) is 0 Å². The van der Waals surface area contributed by atoms with Gasteiger partial charge in [-0.3, -0.25) is 14.3 Å². The van der Waals surface area contributed by atoms with Crippen LogP contribution < -0.4 is 0 Å². The third-order valence-corrected chi connectivity index (χ3v) is 4.91. The van der Waals surface area contributed by atoms with Crippen molar-refractivity contribution in [3.05, 3.63) is 77.4 Å². The van der Waals surface area contributed by atoms with Crippen LogP contribution in [0, 0.1) is 11.8 Å². The van der Waals surface area contributed by atoms with Crippen LogP contribution in [0.1, 0.15) is 27.2 Å². The number of aryl methyl sites for hydroxylation is 1. The molecule has 1 atom stereocenters. The molecule has 0 spiro atoms. The second kappa shape index (κ2) is 10.3. The summed E-state index contributed by atoms with van der Waals surface area (Å²) in [7, 11) is -1.53. The average molecular weight is 455 g/mol. The highest BCUT2D eigenvalue weighted by Crippen LogP contribution is 2.38. The molecule has 1 amide bonds. The van der Waals surface area contributed by atoms with Gasteiger partial charge in [0.05, 0.1) is 17.9 Å². The SMILES string of the molecule is CN(C[C@H](Cc1ccccc1)OP(=O)(O)O)C(=O)c1cncc(C#Cc2cnn(C)n2)c1. The van der Waals surface area contributed by atoms with E-state index in [1.54, 1.807) is 13.1 Å². The highest BCUT2D eigenvalue weighted by Gasteiger charge is 2.25. The molecule has 0 unspecified atom stereocenters. The van der Waals surface area contributed by atoms with Gasteiger partial charge in [0.1, 0.15) is 0 Å². The maximum absolute atomic E-state index is 12.9. The van der Waals surface area contributed by atoms with Crippen LogP contribution in [0.15, 0.2) is 55.0 Å². The minimum Gasteiger partial charge on any atom is -0.339 e. The Balaban J connectivity index is 1.72. The fraction of sp³-hybridized carbons (Fsp3) is 0.238. The van der Waals surface area contributed by atoms with Gasteiger partial charge < -0.3 is 14.7 Å². The van der Waals surface area contributed by atoms with Crippen LogP contribution in [0.25, 0.3) is 0 Å². The van der Waals surface area contributed by atoms with Gasteiger partial charge in [-0.05, 0) is 17.6 Å². The lowest BCUT2D eigenvalue weighted by molar-refractivity contribution is 0.0655. The van der Waals surface area contributed by atoms with Crippen molar-refractivity contribution in [1.82, 2.24) is 24.9 Å². The standard InChI is InChI=1S/C21H22N5O5P/c1-25(15-20(31-32(28,29)30)11-16-6-4-3-5-7-16)21(27)18-10-17(12-22-13-18)8-9-19-14-23-26(2)24-19/h3-7,10,12-14,20H,11,15H2,1-2H3,(H2,28,29,30)/t20-/m0/s1. The quantitative estimate of drug-likeness (QED) is 0.404. The first-order chi connectivity index (χ1) is 15.2. The van der Waals surface area contributed by atoms with Crippen LogP contribution in [-0.4, -0.2) is 60.3 Å². The summed E-state index contributed by atoms with van der Waals surface area (Å²) < 4.78 is 16.4. The first-order valence-corrected chi connectivity index (χ1v) is 11.1. The third-order valence-electron chi connectivity index (χ3n) is 4.34. The summed E-state index contributed by atoms with van der Waals surface area (Å²) in [5.74, 6) is 5.35. The van der Waals surface area contributed by atoms with Crippen molar-refractivity contribution in [1.29, 1.82) is 0 Å². The lowest BCUT2D eigenvalue weighted by Crippen LogP contribution is -2.36. The van der Waals surface area contributed by atoms with Gasteiger partial charge in [-0.25, -0.2) is 4.57 Å². The smallest absolute Gasteiger partial charge is 0.339 e. The van der Waals surface area contributed by atoms with Crippen molar-refractivity contribution in [3.8, 4) is 11.8 Å². The van der Waals surface area contributed by atoms with Gasteiger partial charge in [0.25, 0.3) is 5.91 Å². The second-order valence-corrected chi connectivity index (χ2v) is 8.22. The fourth-order valence-electron chi connectivity index (χ4n) is 2.98. The highest BCUT2D eigenvalue weighted by molar-refractivity contribution is 7.46. The number of amides is 1. The van der Waals surface area contributed by atoms with E-state index < -0.39 is 13.9 Å². The zero-order valence-corrected chi connectivity index (χ0v) is 18.4. The fourth-order valence-corrected chi connectivity index (χ4v) is 3.51. The van der Waals surface area contributed by atoms with Crippen LogP contribution in [0.4, 0.5) is 0 Å². The summed E-state index contributed by atoms with van der Waals surface area (Å²) >= 11 is 0. The number of likely N-dealkylation sites (N-methyl/N-ethyl adjacent to an activating group) is 1. The van der Waals surface area contributed by atoms with Crippen molar-refractivity contribution in [2.24, 2.45) is 7.05 Å². The number of hydrogen-bond acceptors (Lipinski definition) is 6. The van der Waals surface area contributed by atoms with Crippen molar-refractivity contribution < 1.29 is 23.7 Å². The molecule has 11 heteroatoms. The predicted octanol–water partition coefficient (Wildman–Crippen LogP) is 1.40. The normalized spacial score (nSPS) is 12.0. The molecule has 2 aromatic heterocycles. The molecule has 3 rings (SSSR count). The molecule has 0 radical (unpaired) electrons. The molecule has 0 aliphatic carbocycles. The largest absolute Gasteiger partial charge is 0.469 e. The van der Waals surface area contributed by atoms with E-state index in [1.807, 2.05) is 30.3 Å². The Morgan fingerprint density at radius 2 is 1.97 bits per heavy atom. The Morgan fingerprint density at radius 3 is 2.62 bits per heavy atom. The number of carbonyl (C=O) groups is 1. The van der Waals surface area contributed by atoms with Crippen LogP contribution in [-0.2, 0) is 22.6 Å². The van der Waals surface area contributed by atoms with Gasteiger partial charge in [-0.15, -0.1) is 5.10 Å². The third kappa shape index (κ3) is 7.11. The molecular weight excluding hydrogens is 433 g/mol. The Labute approximate surface area is 185 Å². The molecule has 0 aliphatic heterocycles. The minimum absolute atomic E-state index is 0.0334. The topological polar surface area (TPSA) is 131 Å². The molecule has 3 aromatic rings. The number of benzene rings is 1. The van der Waals surface area contributed by atoms with Crippen molar-refractivity contribution in [3.63, 3.8) is 0 Å². The molecule has 0 bridgehead atoms. The van der Waals surface area contributed by atoms with Gasteiger partial charge >= 0.3 is 7.82 Å². The van der Waals surface area contributed by atoms with Gasteiger partial charge in [0.15, 0.2) is 5.69 Å². The lowest BCUT2D eigenvalue weighted by Gasteiger charge is -2.25. The number of rotatable bonds is 7. The summed E-state index contributed by atoms with van der Waals surface area (Å²) in [6.45, 7) is -0.0334. The molecule has 10 nitrogen and oxygen atoms in total. The van der Waals surface area contributed by atoms with Crippen LogP contribution >= 0.6 is 7.82 Å². The molecule has 2 heterocycles. The minimum atomic E-state index is -4.74. The first kappa shape index (κ1) is 23.3. The van der Waals surface area contributed by atoms with Crippen molar-refractivity contribution in [2.75, 3.05) is 13.6 Å². The number of pyridine rings is 1. The Bertz CT molecular complexity index is 1180. The second-order valence-electron chi connectivity index (χ2n) is 7.02. The van der Waals surface area contributed by atoms with E-state index in [1.165, 1.54) is 35.3 Å². The zero-order chi connectivity index (χ0) is 23.1. The molecule has 166 valence electrons. The van der Waals surface area contributed by atoms with Crippen LogP contribution in [0.2, 0.25) is 0 Å². The Hall–Kier alpha value is -3.35. The summed E-state index contributed by atoms with van der Waals surface area (Å²) in [6.07, 6.45) is 3.78. The van der Waals surface area contributed by atoms with Crippen LogP contribution in [0.3, 0.4) is 0 Å². The lowest BCUT2D eigenvalue weighted by atomic mass is 10.1. The summed E-state index contributed by atoms with van der Waals surface area (Å²) in [6, 6.07) is 10.7. The van der Waals surface area contributed by atoms with E-state index in [-0.39, 0.29) is 24.4 Å². The summed E-state index contributed by atoms with van der Waals surface area (Å²) in [5.41, 5.74) is 2.12. The monoisotopic (exact) mass is 455 g/mol. The number of nitrogens with zero attached hydrogens (tertiary/aromatic N) is 5. The molecule has 2 N–H and O–H groups in total. The number of phosphoric ester groups is 1. The zero-order valence-electron chi connectivity index (χ0n) is 17.5. The Kier molecular flexibility index (Phi) is 7.51. The van der Waals surface area contributed by atoms with E-state index in [9.17, 15) is 19.1 Å². The van der Waals surface area contributed by atoms with Gasteiger partial charge in [0, 0.05) is 45.0 Å². The first-order valence-electron chi connectivity index (χ1n) is 9.56. The van der Waals surface area contributed by atoms with Gasteiger partial charge in [-0.1, -0.05) is 36.3 Å². The maximum Gasteiger partial charge on any atom is 0.469 e. The predicted molar refractivity (Wildman–Crippen MR) is 115 cm³/mol. The Morgan fingerprint density at radius 1 is 1.22 bits per heavy atom. The number of carbonyl (C=O) groups excluding carboxylic acids is 1. The molecular formula is C21H22N5O5P. The molecule has 0 saturated heterocycles. The highest BCUT2D eigenvalue weighted by atomic mass is 31.2. The molecule has 32 heavy (non-hydrogen) atoms. The van der Waals surface area contributed by atoms with Gasteiger partial charge in [-0.2, -0.15) is 9.90 Å². The average Bonchev–Trinajstić information content (AvgIpc) is 3.16. The molecule has 1 aromatic carbocycles.